The van der Waals surface area contributed by atoms with Gasteiger partial charge in [-0.05, 0) is 31.6 Å². The van der Waals surface area contributed by atoms with E-state index in [0.29, 0.717) is 22.4 Å². The first kappa shape index (κ1) is 18.1. The number of hydrogen-bond acceptors (Lipinski definition) is 7. The summed E-state index contributed by atoms with van der Waals surface area (Å²) in [5.41, 5.74) is 0. The van der Waals surface area contributed by atoms with Gasteiger partial charge >= 0.3 is 5.97 Å². The molecular formula is C15H18N2O3S3. The molecule has 0 atom stereocenters. The molecule has 1 amide bonds. The molecule has 1 aliphatic heterocycles. The van der Waals surface area contributed by atoms with Gasteiger partial charge in [-0.25, -0.2) is 0 Å². The number of nitrogens with zero attached hydrogens (tertiary/aromatic N) is 2. The van der Waals surface area contributed by atoms with E-state index in [-0.39, 0.29) is 24.8 Å². The molecule has 0 spiro atoms. The van der Waals surface area contributed by atoms with Gasteiger partial charge in [0, 0.05) is 18.0 Å². The molecule has 1 saturated heterocycles. The Balaban J connectivity index is 1.85. The van der Waals surface area contributed by atoms with Crippen LogP contribution in [0.25, 0.3) is 6.08 Å². The smallest absolute Gasteiger partial charge is 0.307 e. The lowest BCUT2D eigenvalue weighted by atomic mass is 10.3. The van der Waals surface area contributed by atoms with Crippen LogP contribution in [-0.2, 0) is 14.3 Å². The Kier molecular flexibility index (Phi) is 6.76. The molecule has 23 heavy (non-hydrogen) atoms. The zero-order valence-corrected chi connectivity index (χ0v) is 15.4. The first-order valence-corrected chi connectivity index (χ1v) is 9.17. The summed E-state index contributed by atoms with van der Waals surface area (Å²) in [5, 5.41) is 1.95. The molecule has 8 heteroatoms. The molecule has 0 aliphatic carbocycles. The van der Waals surface area contributed by atoms with E-state index in [4.69, 9.17) is 17.0 Å². The maximum Gasteiger partial charge on any atom is 0.307 e. The maximum absolute atomic E-state index is 12.4. The molecule has 5 nitrogen and oxygen atoms in total. The van der Waals surface area contributed by atoms with Gasteiger partial charge in [0.25, 0.3) is 5.91 Å². The van der Waals surface area contributed by atoms with Crippen molar-refractivity contribution < 1.29 is 14.3 Å². The van der Waals surface area contributed by atoms with E-state index in [1.165, 1.54) is 16.7 Å². The van der Waals surface area contributed by atoms with Crippen LogP contribution in [0.15, 0.2) is 22.4 Å². The van der Waals surface area contributed by atoms with E-state index in [1.54, 1.807) is 11.3 Å². The highest BCUT2D eigenvalue weighted by molar-refractivity contribution is 8.26. The summed E-state index contributed by atoms with van der Waals surface area (Å²) in [4.78, 5) is 29.0. The van der Waals surface area contributed by atoms with Crippen LogP contribution in [0.2, 0.25) is 0 Å². The fraction of sp³-hybridized carbons (Fsp3) is 0.400. The summed E-state index contributed by atoms with van der Waals surface area (Å²) >= 11 is 8.07. The van der Waals surface area contributed by atoms with Crippen molar-refractivity contribution in [2.45, 2.75) is 6.42 Å². The van der Waals surface area contributed by atoms with Crippen LogP contribution in [-0.4, -0.2) is 59.8 Å². The Bertz CT molecular complexity index is 611. The Morgan fingerprint density at radius 3 is 2.91 bits per heavy atom. The van der Waals surface area contributed by atoms with E-state index < -0.39 is 0 Å². The highest BCUT2D eigenvalue weighted by Gasteiger charge is 2.32. The summed E-state index contributed by atoms with van der Waals surface area (Å²) in [6.45, 7) is 1.28. The monoisotopic (exact) mass is 370 g/mol. The lowest BCUT2D eigenvalue weighted by Crippen LogP contribution is -2.31. The Hall–Kier alpha value is -1.22. The molecule has 2 heterocycles. The van der Waals surface area contributed by atoms with Crippen molar-refractivity contribution in [3.8, 4) is 0 Å². The van der Waals surface area contributed by atoms with Gasteiger partial charge in [-0.15, -0.1) is 11.3 Å². The number of ether oxygens (including phenoxy) is 1. The second kappa shape index (κ2) is 8.58. The average Bonchev–Trinajstić information content (AvgIpc) is 3.07. The highest BCUT2D eigenvalue weighted by Crippen LogP contribution is 2.33. The molecule has 0 radical (unpaired) electrons. The van der Waals surface area contributed by atoms with Crippen molar-refractivity contribution in [2.75, 3.05) is 33.8 Å². The van der Waals surface area contributed by atoms with Crippen LogP contribution < -0.4 is 0 Å². The Morgan fingerprint density at radius 2 is 2.26 bits per heavy atom. The number of likely N-dealkylation sites (N-methyl/N-ethyl adjacent to an activating group) is 1. The second-order valence-corrected chi connectivity index (χ2v) is 7.78. The van der Waals surface area contributed by atoms with E-state index >= 15 is 0 Å². The number of amides is 1. The normalized spacial score (nSPS) is 16.7. The van der Waals surface area contributed by atoms with Crippen molar-refractivity contribution in [1.29, 1.82) is 0 Å². The summed E-state index contributed by atoms with van der Waals surface area (Å²) in [7, 11) is 3.82. The first-order valence-electron chi connectivity index (χ1n) is 7.06. The highest BCUT2D eigenvalue weighted by atomic mass is 32.2. The van der Waals surface area contributed by atoms with Gasteiger partial charge in [-0.3, -0.25) is 14.5 Å². The number of carbonyl (C=O) groups excluding carboxylic acids is 2. The number of hydrogen-bond donors (Lipinski definition) is 0. The van der Waals surface area contributed by atoms with E-state index in [0.717, 1.165) is 4.88 Å². The van der Waals surface area contributed by atoms with Crippen molar-refractivity contribution in [1.82, 2.24) is 9.80 Å². The minimum absolute atomic E-state index is 0.144. The third-order valence-electron chi connectivity index (χ3n) is 3.03. The fourth-order valence-corrected chi connectivity index (χ4v) is 3.84. The molecule has 1 aliphatic rings. The summed E-state index contributed by atoms with van der Waals surface area (Å²) in [6.07, 6.45) is 1.98. The van der Waals surface area contributed by atoms with Crippen molar-refractivity contribution in [3.63, 3.8) is 0 Å². The summed E-state index contributed by atoms with van der Waals surface area (Å²) < 4.78 is 5.60. The van der Waals surface area contributed by atoms with Crippen molar-refractivity contribution in [3.05, 3.63) is 27.3 Å². The van der Waals surface area contributed by atoms with Gasteiger partial charge in [0.15, 0.2) is 0 Å². The maximum atomic E-state index is 12.4. The van der Waals surface area contributed by atoms with Crippen LogP contribution in [0.1, 0.15) is 11.3 Å². The van der Waals surface area contributed by atoms with Crippen LogP contribution in [0.5, 0.6) is 0 Å². The molecule has 0 N–H and O–H groups in total. The summed E-state index contributed by atoms with van der Waals surface area (Å²) in [6, 6.07) is 3.88. The number of carbonyl (C=O) groups is 2. The van der Waals surface area contributed by atoms with Gasteiger partial charge < -0.3 is 9.64 Å². The molecule has 1 aromatic rings. The largest absolute Gasteiger partial charge is 0.464 e. The first-order chi connectivity index (χ1) is 11.0. The minimum Gasteiger partial charge on any atom is -0.464 e. The van der Waals surface area contributed by atoms with Crippen LogP contribution in [0.3, 0.4) is 0 Å². The molecule has 1 fully saturated rings. The molecule has 1 aromatic heterocycles. The molecular weight excluding hydrogens is 352 g/mol. The van der Waals surface area contributed by atoms with Gasteiger partial charge in [-0.2, -0.15) is 0 Å². The molecule has 0 saturated carbocycles. The van der Waals surface area contributed by atoms with Crippen LogP contribution >= 0.6 is 35.3 Å². The summed E-state index contributed by atoms with van der Waals surface area (Å²) in [5.74, 6) is -0.461. The standard InChI is InChI=1S/C15H18N2O3S3/c1-16(2)7-8-20-13(18)5-6-17-14(19)12(23-15(17)21)10-11-4-3-9-22-11/h3-4,9-10H,5-8H2,1-2H3/b12-10+. The number of thioether (sulfide) groups is 1. The average molecular weight is 371 g/mol. The predicted molar refractivity (Wildman–Crippen MR) is 98.3 cm³/mol. The lowest BCUT2D eigenvalue weighted by molar-refractivity contribution is -0.144. The molecule has 0 unspecified atom stereocenters. The topological polar surface area (TPSA) is 49.9 Å². The molecule has 2 rings (SSSR count). The van der Waals surface area contributed by atoms with E-state index in [1.807, 2.05) is 42.6 Å². The third-order valence-corrected chi connectivity index (χ3v) is 5.23. The number of rotatable bonds is 7. The second-order valence-electron chi connectivity index (χ2n) is 5.12. The van der Waals surface area contributed by atoms with Crippen molar-refractivity contribution in [2.24, 2.45) is 0 Å². The van der Waals surface area contributed by atoms with E-state index in [2.05, 4.69) is 0 Å². The Morgan fingerprint density at radius 1 is 1.48 bits per heavy atom. The molecule has 0 bridgehead atoms. The van der Waals surface area contributed by atoms with Gasteiger partial charge in [-0.1, -0.05) is 30.0 Å². The Labute approximate surface area is 149 Å². The molecule has 0 aromatic carbocycles. The quantitative estimate of drug-likeness (QED) is 0.417. The predicted octanol–water partition coefficient (Wildman–Crippen LogP) is 2.44. The van der Waals surface area contributed by atoms with E-state index in [9.17, 15) is 9.59 Å². The number of esters is 1. The minimum atomic E-state index is -0.317. The zero-order chi connectivity index (χ0) is 16.8. The van der Waals surface area contributed by atoms with Crippen molar-refractivity contribution >= 4 is 57.6 Å². The number of thiophene rings is 1. The van der Waals surface area contributed by atoms with Gasteiger partial charge in [0.1, 0.15) is 10.9 Å². The molecule has 124 valence electrons. The SMILES string of the molecule is CN(C)CCOC(=O)CCN1C(=O)/C(=C\c2cccs2)SC1=S. The fourth-order valence-electron chi connectivity index (χ4n) is 1.81. The lowest BCUT2D eigenvalue weighted by Gasteiger charge is -2.14. The van der Waals surface area contributed by atoms with Gasteiger partial charge in [0.2, 0.25) is 0 Å². The zero-order valence-electron chi connectivity index (χ0n) is 13.0. The van der Waals surface area contributed by atoms with Crippen LogP contribution in [0.4, 0.5) is 0 Å². The van der Waals surface area contributed by atoms with Gasteiger partial charge in [0.05, 0.1) is 11.3 Å². The number of thiocarbonyl (C=S) groups is 1. The van der Waals surface area contributed by atoms with Crippen LogP contribution in [0, 0.1) is 0 Å². The third kappa shape index (κ3) is 5.42.